The topological polar surface area (TPSA) is 78.9 Å². The Bertz CT molecular complexity index is 734. The van der Waals surface area contributed by atoms with Crippen molar-refractivity contribution in [2.45, 2.75) is 13.3 Å². The van der Waals surface area contributed by atoms with Crippen LogP contribution in [0.4, 0.5) is 10.5 Å². The minimum atomic E-state index is -0.932. The van der Waals surface area contributed by atoms with E-state index in [0.717, 1.165) is 6.42 Å². The molecule has 0 saturated carbocycles. The summed E-state index contributed by atoms with van der Waals surface area (Å²) < 4.78 is 5.75. The Morgan fingerprint density at radius 3 is 2.58 bits per heavy atom. The number of carboxylic acids is 1. The quantitative estimate of drug-likeness (QED) is 0.759. The molecule has 0 radical (unpaired) electrons. The number of nitrogens with zero attached hydrogens (tertiary/aromatic N) is 1. The van der Waals surface area contributed by atoms with E-state index in [4.69, 9.17) is 9.84 Å². The summed E-state index contributed by atoms with van der Waals surface area (Å²) in [7, 11) is 1.56. The Morgan fingerprint density at radius 2 is 1.88 bits per heavy atom. The van der Waals surface area contributed by atoms with Crippen molar-refractivity contribution in [1.29, 1.82) is 0 Å². The second kappa shape index (κ2) is 9.46. The number of carboxylic acid groups (broad SMARTS) is 1. The number of aliphatic carboxylic acids is 1. The Balaban J connectivity index is 1.85. The van der Waals surface area contributed by atoms with Crippen LogP contribution in [-0.2, 0) is 11.2 Å². The van der Waals surface area contributed by atoms with E-state index in [1.54, 1.807) is 32.2 Å². The SMILES string of the molecule is CC(CN(C)C(=O)Nc1cccc(OCCc2ccccc2)c1)C(=O)O. The predicted molar refractivity (Wildman–Crippen MR) is 101 cm³/mol. The third-order valence-corrected chi connectivity index (χ3v) is 3.90. The molecular formula is C20H24N2O4. The van der Waals surface area contributed by atoms with Gasteiger partial charge in [0, 0.05) is 31.8 Å². The fourth-order valence-electron chi connectivity index (χ4n) is 2.39. The first kappa shape index (κ1) is 19.3. The van der Waals surface area contributed by atoms with E-state index >= 15 is 0 Å². The summed E-state index contributed by atoms with van der Waals surface area (Å²) in [4.78, 5) is 24.4. The van der Waals surface area contributed by atoms with Gasteiger partial charge in [0.2, 0.25) is 0 Å². The van der Waals surface area contributed by atoms with Crippen LogP contribution in [0, 0.1) is 5.92 Å². The Kier molecular flexibility index (Phi) is 7.02. The van der Waals surface area contributed by atoms with Crippen LogP contribution < -0.4 is 10.1 Å². The van der Waals surface area contributed by atoms with Gasteiger partial charge in [0.1, 0.15) is 5.75 Å². The number of amides is 2. The lowest BCUT2D eigenvalue weighted by Gasteiger charge is -2.20. The summed E-state index contributed by atoms with van der Waals surface area (Å²) in [5, 5.41) is 11.7. The number of urea groups is 1. The smallest absolute Gasteiger partial charge is 0.321 e. The van der Waals surface area contributed by atoms with Gasteiger partial charge in [0.25, 0.3) is 0 Å². The molecule has 0 aliphatic heterocycles. The van der Waals surface area contributed by atoms with Crippen LogP contribution in [0.1, 0.15) is 12.5 Å². The molecular weight excluding hydrogens is 332 g/mol. The maximum atomic E-state index is 12.2. The molecule has 0 saturated heterocycles. The normalized spacial score (nSPS) is 11.5. The van der Waals surface area contributed by atoms with Gasteiger partial charge in [-0.05, 0) is 17.7 Å². The Hall–Kier alpha value is -3.02. The molecule has 0 aromatic heterocycles. The fourth-order valence-corrected chi connectivity index (χ4v) is 2.39. The van der Waals surface area contributed by atoms with E-state index in [9.17, 15) is 9.59 Å². The molecule has 0 aliphatic carbocycles. The molecule has 2 rings (SSSR count). The summed E-state index contributed by atoms with van der Waals surface area (Å²) in [6, 6.07) is 16.8. The van der Waals surface area contributed by atoms with Crippen molar-refractivity contribution < 1.29 is 19.4 Å². The van der Waals surface area contributed by atoms with Gasteiger partial charge in [0.05, 0.1) is 12.5 Å². The van der Waals surface area contributed by atoms with Gasteiger partial charge < -0.3 is 20.1 Å². The zero-order valence-corrected chi connectivity index (χ0v) is 15.0. The van der Waals surface area contributed by atoms with Crippen molar-refractivity contribution in [1.82, 2.24) is 4.90 Å². The molecule has 6 heteroatoms. The highest BCUT2D eigenvalue weighted by Crippen LogP contribution is 2.18. The molecule has 0 heterocycles. The van der Waals surface area contributed by atoms with Crippen molar-refractivity contribution in [2.24, 2.45) is 5.92 Å². The monoisotopic (exact) mass is 356 g/mol. The largest absolute Gasteiger partial charge is 0.493 e. The van der Waals surface area contributed by atoms with Gasteiger partial charge in [-0.2, -0.15) is 0 Å². The Morgan fingerprint density at radius 1 is 1.15 bits per heavy atom. The average Bonchev–Trinajstić information content (AvgIpc) is 2.62. The number of hydrogen-bond donors (Lipinski definition) is 2. The van der Waals surface area contributed by atoms with Crippen LogP contribution >= 0.6 is 0 Å². The first-order valence-corrected chi connectivity index (χ1v) is 8.47. The molecule has 138 valence electrons. The van der Waals surface area contributed by atoms with Crippen LogP contribution in [0.5, 0.6) is 5.75 Å². The first-order chi connectivity index (χ1) is 12.5. The van der Waals surface area contributed by atoms with Gasteiger partial charge in [0.15, 0.2) is 0 Å². The maximum Gasteiger partial charge on any atom is 0.321 e. The van der Waals surface area contributed by atoms with Crippen LogP contribution in [-0.4, -0.2) is 42.2 Å². The number of carbonyl (C=O) groups is 2. The standard InChI is InChI=1S/C20H24N2O4/c1-15(19(23)24)14-22(2)20(25)21-17-9-6-10-18(13-17)26-12-11-16-7-4-3-5-8-16/h3-10,13,15H,11-12,14H2,1-2H3,(H,21,25)(H,23,24). The van der Waals surface area contributed by atoms with E-state index in [2.05, 4.69) is 5.32 Å². The van der Waals surface area contributed by atoms with Crippen LogP contribution in [0.2, 0.25) is 0 Å². The second-order valence-corrected chi connectivity index (χ2v) is 6.16. The Labute approximate surface area is 153 Å². The lowest BCUT2D eigenvalue weighted by Crippen LogP contribution is -2.36. The number of benzene rings is 2. The predicted octanol–water partition coefficient (Wildman–Crippen LogP) is 3.49. The van der Waals surface area contributed by atoms with E-state index in [-0.39, 0.29) is 12.6 Å². The second-order valence-electron chi connectivity index (χ2n) is 6.16. The van der Waals surface area contributed by atoms with Gasteiger partial charge in [-0.1, -0.05) is 43.3 Å². The number of nitrogens with one attached hydrogen (secondary N) is 1. The van der Waals surface area contributed by atoms with Gasteiger partial charge >= 0.3 is 12.0 Å². The summed E-state index contributed by atoms with van der Waals surface area (Å²) in [6.07, 6.45) is 0.799. The van der Waals surface area contributed by atoms with Crippen molar-refractivity contribution in [3.63, 3.8) is 0 Å². The first-order valence-electron chi connectivity index (χ1n) is 8.47. The number of rotatable bonds is 8. The van der Waals surface area contributed by atoms with Crippen molar-refractivity contribution in [3.8, 4) is 5.75 Å². The molecule has 2 N–H and O–H groups in total. The number of anilines is 1. The molecule has 0 fully saturated rings. The molecule has 6 nitrogen and oxygen atoms in total. The fraction of sp³-hybridized carbons (Fsp3) is 0.300. The third-order valence-electron chi connectivity index (χ3n) is 3.90. The van der Waals surface area contributed by atoms with Gasteiger partial charge in [-0.25, -0.2) is 4.79 Å². The molecule has 2 amide bonds. The van der Waals surface area contributed by atoms with E-state index in [1.807, 2.05) is 36.4 Å². The molecule has 2 aromatic carbocycles. The van der Waals surface area contributed by atoms with Gasteiger partial charge in [-0.3, -0.25) is 4.79 Å². The maximum absolute atomic E-state index is 12.2. The number of carbonyl (C=O) groups excluding carboxylic acids is 1. The zero-order valence-electron chi connectivity index (χ0n) is 15.0. The minimum Gasteiger partial charge on any atom is -0.493 e. The summed E-state index contributed by atoms with van der Waals surface area (Å²) in [5.74, 6) is -0.892. The van der Waals surface area contributed by atoms with E-state index < -0.39 is 11.9 Å². The minimum absolute atomic E-state index is 0.133. The van der Waals surface area contributed by atoms with Gasteiger partial charge in [-0.15, -0.1) is 0 Å². The summed E-state index contributed by atoms with van der Waals surface area (Å²) >= 11 is 0. The van der Waals surface area contributed by atoms with Crippen molar-refractivity contribution >= 4 is 17.7 Å². The van der Waals surface area contributed by atoms with Crippen molar-refractivity contribution in [3.05, 3.63) is 60.2 Å². The zero-order chi connectivity index (χ0) is 18.9. The average molecular weight is 356 g/mol. The highest BCUT2D eigenvalue weighted by Gasteiger charge is 2.17. The molecule has 2 aromatic rings. The molecule has 1 atom stereocenters. The molecule has 0 aliphatic rings. The van der Waals surface area contributed by atoms with E-state index in [1.165, 1.54) is 10.5 Å². The highest BCUT2D eigenvalue weighted by atomic mass is 16.5. The molecule has 26 heavy (non-hydrogen) atoms. The van der Waals surface area contributed by atoms with E-state index in [0.29, 0.717) is 18.0 Å². The lowest BCUT2D eigenvalue weighted by atomic mass is 10.2. The van der Waals surface area contributed by atoms with Crippen LogP contribution in [0.15, 0.2) is 54.6 Å². The molecule has 0 spiro atoms. The van der Waals surface area contributed by atoms with Crippen molar-refractivity contribution in [2.75, 3.05) is 25.5 Å². The van der Waals surface area contributed by atoms with Crippen LogP contribution in [0.25, 0.3) is 0 Å². The van der Waals surface area contributed by atoms with Crippen LogP contribution in [0.3, 0.4) is 0 Å². The molecule has 1 unspecified atom stereocenters. The summed E-state index contributed by atoms with van der Waals surface area (Å²) in [6.45, 7) is 2.24. The molecule has 0 bridgehead atoms. The number of ether oxygens (including phenoxy) is 1. The third kappa shape index (κ3) is 6.12. The number of hydrogen-bond acceptors (Lipinski definition) is 3. The highest BCUT2D eigenvalue weighted by molar-refractivity contribution is 5.89. The summed E-state index contributed by atoms with van der Waals surface area (Å²) in [5.41, 5.74) is 1.80. The lowest BCUT2D eigenvalue weighted by molar-refractivity contribution is -0.141.